The van der Waals surface area contributed by atoms with E-state index >= 15 is 0 Å². The van der Waals surface area contributed by atoms with E-state index in [0.717, 1.165) is 13.2 Å². The third kappa shape index (κ3) is 13.0. The Kier molecular flexibility index (Phi) is 12.6. The zero-order valence-electron chi connectivity index (χ0n) is 12.6. The zero-order valence-corrected chi connectivity index (χ0v) is 13.4. The second-order valence-corrected chi connectivity index (χ2v) is 4.93. The smallest absolute Gasteiger partial charge is 0.0791 e. The molecule has 0 unspecified atom stereocenters. The molecule has 0 amide bonds. The van der Waals surface area contributed by atoms with Gasteiger partial charge in [-0.05, 0) is 25.0 Å². The van der Waals surface area contributed by atoms with Crippen molar-refractivity contribution in [1.29, 1.82) is 0 Å². The molecule has 0 N–H and O–H groups in total. The van der Waals surface area contributed by atoms with Crippen molar-refractivity contribution < 1.29 is 4.74 Å². The third-order valence-corrected chi connectivity index (χ3v) is 2.93. The Morgan fingerprint density at radius 3 is 1.36 bits per heavy atom. The molecule has 0 atom stereocenters. The second-order valence-electron chi connectivity index (χ2n) is 4.17. The number of hydrogen-bond donors (Lipinski definition) is 0. The van der Waals surface area contributed by atoms with Gasteiger partial charge in [-0.25, -0.2) is 0 Å². The second kappa shape index (κ2) is 15.4. The molecular formula is C18H22N2OS. The van der Waals surface area contributed by atoms with Crippen molar-refractivity contribution in [3.05, 3.63) is 84.1 Å². The van der Waals surface area contributed by atoms with Crippen LogP contribution in [-0.4, -0.2) is 23.2 Å². The fourth-order valence-corrected chi connectivity index (χ4v) is 1.73. The lowest BCUT2D eigenvalue weighted by molar-refractivity contribution is 0.198. The molecule has 3 aromatic rings. The summed E-state index contributed by atoms with van der Waals surface area (Å²) in [6.07, 6.45) is 7.82. The van der Waals surface area contributed by atoms with Crippen molar-refractivity contribution in [2.45, 2.75) is 12.8 Å². The van der Waals surface area contributed by atoms with Crippen LogP contribution in [0.15, 0.2) is 84.1 Å². The molecule has 4 heteroatoms. The molecule has 4 rings (SSSR count). The van der Waals surface area contributed by atoms with Crippen molar-refractivity contribution in [2.24, 2.45) is 0 Å². The van der Waals surface area contributed by atoms with Gasteiger partial charge in [0.25, 0.3) is 0 Å². The van der Waals surface area contributed by atoms with E-state index in [1.54, 1.807) is 35.4 Å². The summed E-state index contributed by atoms with van der Waals surface area (Å²) >= 11 is 1.60. The highest BCUT2D eigenvalue weighted by Crippen LogP contribution is 1.98. The van der Waals surface area contributed by atoms with Gasteiger partial charge in [0.15, 0.2) is 0 Å². The Balaban J connectivity index is 0.000000147. The fourth-order valence-electron chi connectivity index (χ4n) is 1.38. The maximum atomic E-state index is 4.94. The molecular weight excluding hydrogens is 292 g/mol. The number of pyridine rings is 1. The molecule has 2 aromatic heterocycles. The first kappa shape index (κ1) is 18.0. The van der Waals surface area contributed by atoms with Gasteiger partial charge in [-0.15, -0.1) is 11.3 Å². The van der Waals surface area contributed by atoms with Crippen LogP contribution in [0.3, 0.4) is 0 Å². The number of rotatable bonds is 0. The van der Waals surface area contributed by atoms with E-state index in [1.165, 1.54) is 12.8 Å². The number of aromatic nitrogens is 2. The molecule has 0 radical (unpaired) electrons. The van der Waals surface area contributed by atoms with E-state index in [2.05, 4.69) is 9.97 Å². The summed E-state index contributed by atoms with van der Waals surface area (Å²) in [4.78, 5) is 7.53. The molecule has 22 heavy (non-hydrogen) atoms. The topological polar surface area (TPSA) is 35.0 Å². The van der Waals surface area contributed by atoms with Crippen LogP contribution in [0.25, 0.3) is 0 Å². The van der Waals surface area contributed by atoms with Crippen LogP contribution in [0.2, 0.25) is 0 Å². The first-order valence-electron chi connectivity index (χ1n) is 7.25. The Hall–Kier alpha value is -2.04. The molecule has 1 aliphatic heterocycles. The Bertz CT molecular complexity index is 389. The number of ether oxygens (including phenoxy) is 1. The van der Waals surface area contributed by atoms with Crippen molar-refractivity contribution in [3.63, 3.8) is 0 Å². The molecule has 0 bridgehead atoms. The molecule has 0 saturated carbocycles. The standard InChI is InChI=1S/C6H6.C5H5N.C4H8O.C3H3NS/c2*1-2-4-6-5-3-1;1-2-4-5-3-1;1-2-5-3-4-1/h1-6H;1-5H;1-4H2;1-3H. The summed E-state index contributed by atoms with van der Waals surface area (Å²) in [5.74, 6) is 0. The van der Waals surface area contributed by atoms with Gasteiger partial charge in [-0.3, -0.25) is 9.97 Å². The summed E-state index contributed by atoms with van der Waals surface area (Å²) in [7, 11) is 0. The lowest BCUT2D eigenvalue weighted by Gasteiger charge is -1.76. The van der Waals surface area contributed by atoms with Gasteiger partial charge in [0.2, 0.25) is 0 Å². The van der Waals surface area contributed by atoms with Gasteiger partial charge < -0.3 is 4.74 Å². The van der Waals surface area contributed by atoms with Crippen LogP contribution in [-0.2, 0) is 4.74 Å². The molecule has 1 aliphatic rings. The van der Waals surface area contributed by atoms with Gasteiger partial charge >= 0.3 is 0 Å². The highest BCUT2D eigenvalue weighted by atomic mass is 32.1. The maximum absolute atomic E-state index is 4.94. The number of thiazole rings is 1. The SMILES string of the molecule is C1CCOC1.c1ccccc1.c1ccncc1.c1cscn1. The van der Waals surface area contributed by atoms with E-state index in [-0.39, 0.29) is 0 Å². The monoisotopic (exact) mass is 314 g/mol. The van der Waals surface area contributed by atoms with Gasteiger partial charge in [0.1, 0.15) is 0 Å². The van der Waals surface area contributed by atoms with Gasteiger partial charge in [0.05, 0.1) is 5.51 Å². The summed E-state index contributed by atoms with van der Waals surface area (Å²) < 4.78 is 4.94. The van der Waals surface area contributed by atoms with Crippen LogP contribution in [0.4, 0.5) is 0 Å². The predicted octanol–water partition coefficient (Wildman–Crippen LogP) is 4.71. The number of hydrogen-bond acceptors (Lipinski definition) is 4. The molecule has 1 fully saturated rings. The summed E-state index contributed by atoms with van der Waals surface area (Å²) in [6, 6.07) is 17.7. The van der Waals surface area contributed by atoms with Crippen molar-refractivity contribution in [3.8, 4) is 0 Å². The fraction of sp³-hybridized carbons (Fsp3) is 0.222. The lowest BCUT2D eigenvalue weighted by Crippen LogP contribution is -1.74. The van der Waals surface area contributed by atoms with E-state index < -0.39 is 0 Å². The summed E-state index contributed by atoms with van der Waals surface area (Å²) in [5.41, 5.74) is 1.79. The number of benzene rings is 1. The van der Waals surface area contributed by atoms with Gasteiger partial charge in [-0.1, -0.05) is 42.5 Å². The first-order valence-corrected chi connectivity index (χ1v) is 8.19. The van der Waals surface area contributed by atoms with Crippen LogP contribution < -0.4 is 0 Å². The van der Waals surface area contributed by atoms with Crippen molar-refractivity contribution >= 4 is 11.3 Å². The Labute approximate surface area is 136 Å². The van der Waals surface area contributed by atoms with E-state index in [1.807, 2.05) is 60.0 Å². The van der Waals surface area contributed by atoms with Gasteiger partial charge in [-0.2, -0.15) is 0 Å². The molecule has 0 spiro atoms. The largest absolute Gasteiger partial charge is 0.381 e. The van der Waals surface area contributed by atoms with Gasteiger partial charge in [0, 0.05) is 37.2 Å². The Morgan fingerprint density at radius 1 is 0.636 bits per heavy atom. The predicted molar refractivity (Wildman–Crippen MR) is 92.8 cm³/mol. The van der Waals surface area contributed by atoms with Crippen LogP contribution in [0, 0.1) is 0 Å². The highest BCUT2D eigenvalue weighted by molar-refractivity contribution is 7.07. The average molecular weight is 314 g/mol. The molecule has 0 aliphatic carbocycles. The highest BCUT2D eigenvalue weighted by Gasteiger charge is 1.94. The minimum atomic E-state index is 1.00. The van der Waals surface area contributed by atoms with Crippen molar-refractivity contribution in [2.75, 3.05) is 13.2 Å². The molecule has 116 valence electrons. The quantitative estimate of drug-likeness (QED) is 0.603. The zero-order chi connectivity index (χ0) is 15.6. The minimum Gasteiger partial charge on any atom is -0.381 e. The summed E-state index contributed by atoms with van der Waals surface area (Å²) in [5, 5.41) is 1.93. The van der Waals surface area contributed by atoms with Crippen LogP contribution in [0.1, 0.15) is 12.8 Å². The third-order valence-electron chi connectivity index (χ3n) is 2.41. The van der Waals surface area contributed by atoms with Crippen LogP contribution >= 0.6 is 11.3 Å². The normalized spacial score (nSPS) is 11.6. The average Bonchev–Trinajstić information content (AvgIpc) is 3.37. The van der Waals surface area contributed by atoms with Crippen molar-refractivity contribution in [1.82, 2.24) is 9.97 Å². The Morgan fingerprint density at radius 2 is 1.18 bits per heavy atom. The van der Waals surface area contributed by atoms with E-state index in [9.17, 15) is 0 Å². The van der Waals surface area contributed by atoms with E-state index in [4.69, 9.17) is 4.74 Å². The van der Waals surface area contributed by atoms with E-state index in [0.29, 0.717) is 0 Å². The first-order chi connectivity index (χ1) is 11.0. The molecule has 3 nitrogen and oxygen atoms in total. The number of nitrogens with zero attached hydrogens (tertiary/aromatic N) is 2. The molecule has 1 aromatic carbocycles. The molecule has 1 saturated heterocycles. The minimum absolute atomic E-state index is 1.00. The molecule has 3 heterocycles. The maximum Gasteiger partial charge on any atom is 0.0791 e. The van der Waals surface area contributed by atoms with Crippen LogP contribution in [0.5, 0.6) is 0 Å². The lowest BCUT2D eigenvalue weighted by atomic mass is 10.4. The summed E-state index contributed by atoms with van der Waals surface area (Å²) in [6.45, 7) is 2.00.